The molecule has 1 fully saturated rings. The Kier molecular flexibility index (Phi) is 7.26. The molecule has 176 valence electrons. The lowest BCUT2D eigenvalue weighted by atomic mass is 9.92. The van der Waals surface area contributed by atoms with Gasteiger partial charge in [-0.05, 0) is 74.1 Å². The van der Waals surface area contributed by atoms with E-state index < -0.39 is 0 Å². The summed E-state index contributed by atoms with van der Waals surface area (Å²) in [6.45, 7) is 5.76. The fourth-order valence-corrected chi connectivity index (χ4v) is 4.58. The van der Waals surface area contributed by atoms with Gasteiger partial charge in [0.25, 0.3) is 0 Å². The Hall–Kier alpha value is -3.67. The van der Waals surface area contributed by atoms with Gasteiger partial charge in [0.15, 0.2) is 0 Å². The van der Waals surface area contributed by atoms with Crippen LogP contribution in [-0.4, -0.2) is 27.5 Å². The summed E-state index contributed by atoms with van der Waals surface area (Å²) in [6.07, 6.45) is 10.9. The zero-order chi connectivity index (χ0) is 24.1. The van der Waals surface area contributed by atoms with Crippen LogP contribution in [0.25, 0.3) is 5.69 Å². The van der Waals surface area contributed by atoms with Crippen molar-refractivity contribution in [3.05, 3.63) is 102 Å². The molecule has 0 saturated carbocycles. The number of carbonyl (C=O) groups is 1. The second-order valence-electron chi connectivity index (χ2n) is 8.55. The minimum Gasteiger partial charge on any atom is -0.495 e. The number of hydrogen-bond acceptors (Lipinski definition) is 3. The molecule has 0 bridgehead atoms. The SMILES string of the molecule is C=C/C=C1/CCCC(c2ccc(F)cc2)N1C(=O)CCc1ccc(-n2cnc(C)c2)c(OC)c1. The molecule has 1 saturated heterocycles. The number of ether oxygens (including phenoxy) is 1. The van der Waals surface area contributed by atoms with E-state index in [0.29, 0.717) is 12.8 Å². The van der Waals surface area contributed by atoms with Gasteiger partial charge in [0, 0.05) is 18.3 Å². The van der Waals surface area contributed by atoms with Crippen molar-refractivity contribution < 1.29 is 13.9 Å². The van der Waals surface area contributed by atoms with Gasteiger partial charge in [0.2, 0.25) is 5.91 Å². The van der Waals surface area contributed by atoms with Crippen molar-refractivity contribution in [2.24, 2.45) is 0 Å². The van der Waals surface area contributed by atoms with Crippen molar-refractivity contribution in [2.45, 2.75) is 45.1 Å². The highest BCUT2D eigenvalue weighted by atomic mass is 19.1. The molecule has 2 aromatic carbocycles. The lowest BCUT2D eigenvalue weighted by Gasteiger charge is -2.38. The number of benzene rings is 2. The van der Waals surface area contributed by atoms with Gasteiger partial charge in [-0.2, -0.15) is 0 Å². The molecule has 3 aromatic rings. The van der Waals surface area contributed by atoms with Crippen LogP contribution < -0.4 is 4.74 Å². The molecule has 6 heteroatoms. The average Bonchev–Trinajstić information content (AvgIpc) is 3.29. The first-order valence-electron chi connectivity index (χ1n) is 11.6. The number of aryl methyl sites for hydroxylation is 2. The van der Waals surface area contributed by atoms with Gasteiger partial charge in [0.05, 0.1) is 30.9 Å². The topological polar surface area (TPSA) is 47.4 Å². The second kappa shape index (κ2) is 10.5. The largest absolute Gasteiger partial charge is 0.495 e. The molecular weight excluding hydrogens is 429 g/mol. The minimum absolute atomic E-state index is 0.0513. The number of aromatic nitrogens is 2. The van der Waals surface area contributed by atoms with Crippen molar-refractivity contribution in [3.63, 3.8) is 0 Å². The van der Waals surface area contributed by atoms with Crippen LogP contribution in [0.1, 0.15) is 48.5 Å². The molecule has 2 heterocycles. The van der Waals surface area contributed by atoms with Crippen LogP contribution in [0, 0.1) is 12.7 Å². The number of methoxy groups -OCH3 is 1. The third-order valence-corrected chi connectivity index (χ3v) is 6.23. The molecule has 1 aromatic heterocycles. The molecule has 5 nitrogen and oxygen atoms in total. The maximum atomic E-state index is 13.5. The maximum absolute atomic E-state index is 13.5. The summed E-state index contributed by atoms with van der Waals surface area (Å²) in [5.41, 5.74) is 4.77. The lowest BCUT2D eigenvalue weighted by molar-refractivity contribution is -0.132. The molecular formula is C28H30FN3O2. The first kappa shape index (κ1) is 23.5. The summed E-state index contributed by atoms with van der Waals surface area (Å²) < 4.78 is 21.0. The number of rotatable bonds is 7. The quantitative estimate of drug-likeness (QED) is 0.430. The number of carbonyl (C=O) groups excluding carboxylic acids is 1. The standard InChI is InChI=1S/C28H30FN3O2/c1-4-6-24-7-5-8-25(22-11-13-23(29)14-12-22)32(24)28(33)16-10-21-9-15-26(27(17-21)34-3)31-18-20(2)30-19-31/h4,6,9,11-15,17-19,25H,1,5,7-8,10,16H2,2-3H3/b24-6-. The van der Waals surface area contributed by atoms with Gasteiger partial charge in [-0.15, -0.1) is 0 Å². The van der Waals surface area contributed by atoms with Crippen molar-refractivity contribution in [1.29, 1.82) is 0 Å². The van der Waals surface area contributed by atoms with E-state index >= 15 is 0 Å². The number of likely N-dealkylation sites (tertiary alicyclic amines) is 1. The van der Waals surface area contributed by atoms with Gasteiger partial charge >= 0.3 is 0 Å². The second-order valence-corrected chi connectivity index (χ2v) is 8.55. The fourth-order valence-electron chi connectivity index (χ4n) is 4.58. The van der Waals surface area contributed by atoms with Gasteiger partial charge in [-0.25, -0.2) is 9.37 Å². The van der Waals surface area contributed by atoms with Crippen LogP contribution in [0.3, 0.4) is 0 Å². The zero-order valence-electron chi connectivity index (χ0n) is 19.7. The van der Waals surface area contributed by atoms with E-state index in [1.807, 2.05) is 46.9 Å². The Morgan fingerprint density at radius 3 is 2.74 bits per heavy atom. The molecule has 34 heavy (non-hydrogen) atoms. The van der Waals surface area contributed by atoms with Gasteiger partial charge < -0.3 is 14.2 Å². The summed E-state index contributed by atoms with van der Waals surface area (Å²) in [5.74, 6) is 0.509. The van der Waals surface area contributed by atoms with Crippen LogP contribution in [0.2, 0.25) is 0 Å². The van der Waals surface area contributed by atoms with E-state index in [0.717, 1.165) is 53.2 Å². The number of amides is 1. The fraction of sp³-hybridized carbons (Fsp3) is 0.286. The smallest absolute Gasteiger partial charge is 0.227 e. The van der Waals surface area contributed by atoms with E-state index in [1.165, 1.54) is 12.1 Å². The molecule has 0 radical (unpaired) electrons. The maximum Gasteiger partial charge on any atom is 0.227 e. The summed E-state index contributed by atoms with van der Waals surface area (Å²) in [6, 6.07) is 12.4. The highest BCUT2D eigenvalue weighted by molar-refractivity contribution is 5.79. The molecule has 0 aliphatic carbocycles. The zero-order valence-corrected chi connectivity index (χ0v) is 19.7. The van der Waals surface area contributed by atoms with Crippen molar-refractivity contribution in [3.8, 4) is 11.4 Å². The Bertz CT molecular complexity index is 1200. The average molecular weight is 460 g/mol. The molecule has 1 unspecified atom stereocenters. The highest BCUT2D eigenvalue weighted by Crippen LogP contribution is 2.37. The van der Waals surface area contributed by atoms with Crippen LogP contribution >= 0.6 is 0 Å². The van der Waals surface area contributed by atoms with E-state index in [4.69, 9.17) is 4.74 Å². The van der Waals surface area contributed by atoms with Crippen LogP contribution in [0.4, 0.5) is 4.39 Å². The molecule has 1 atom stereocenters. The highest BCUT2D eigenvalue weighted by Gasteiger charge is 2.31. The van der Waals surface area contributed by atoms with E-state index in [-0.39, 0.29) is 17.8 Å². The van der Waals surface area contributed by atoms with Crippen LogP contribution in [0.15, 0.2) is 79.4 Å². The predicted octanol–water partition coefficient (Wildman–Crippen LogP) is 6.08. The number of piperidine rings is 1. The lowest BCUT2D eigenvalue weighted by Crippen LogP contribution is -2.37. The molecule has 1 aliphatic heterocycles. The number of allylic oxidation sites excluding steroid dienone is 3. The van der Waals surface area contributed by atoms with Crippen molar-refractivity contribution in [2.75, 3.05) is 7.11 Å². The van der Waals surface area contributed by atoms with Crippen molar-refractivity contribution in [1.82, 2.24) is 14.5 Å². The van der Waals surface area contributed by atoms with E-state index in [2.05, 4.69) is 11.6 Å². The molecule has 0 spiro atoms. The minimum atomic E-state index is -0.275. The first-order valence-corrected chi connectivity index (χ1v) is 11.6. The van der Waals surface area contributed by atoms with Crippen LogP contribution in [0.5, 0.6) is 5.75 Å². The summed E-state index contributed by atoms with van der Waals surface area (Å²) in [7, 11) is 1.64. The molecule has 0 N–H and O–H groups in total. The monoisotopic (exact) mass is 459 g/mol. The third-order valence-electron chi connectivity index (χ3n) is 6.23. The van der Waals surface area contributed by atoms with Gasteiger partial charge in [-0.3, -0.25) is 4.79 Å². The van der Waals surface area contributed by atoms with E-state index in [9.17, 15) is 9.18 Å². The molecule has 4 rings (SSSR count). The van der Waals surface area contributed by atoms with Gasteiger partial charge in [0.1, 0.15) is 11.6 Å². The van der Waals surface area contributed by atoms with E-state index in [1.54, 1.807) is 31.6 Å². The Morgan fingerprint density at radius 1 is 1.26 bits per heavy atom. The number of hydrogen-bond donors (Lipinski definition) is 0. The molecule has 1 aliphatic rings. The Balaban J connectivity index is 1.54. The predicted molar refractivity (Wildman–Crippen MR) is 131 cm³/mol. The van der Waals surface area contributed by atoms with Crippen LogP contribution in [-0.2, 0) is 11.2 Å². The first-order chi connectivity index (χ1) is 16.5. The van der Waals surface area contributed by atoms with Crippen molar-refractivity contribution >= 4 is 5.91 Å². The third kappa shape index (κ3) is 5.11. The summed E-state index contributed by atoms with van der Waals surface area (Å²) in [5, 5.41) is 0. The normalized spacial score (nSPS) is 17.1. The summed E-state index contributed by atoms with van der Waals surface area (Å²) in [4.78, 5) is 19.7. The van der Waals surface area contributed by atoms with Gasteiger partial charge in [-0.1, -0.05) is 30.9 Å². The molecule has 1 amide bonds. The Labute approximate surface area is 200 Å². The number of halogens is 1. The number of nitrogens with zero attached hydrogens (tertiary/aromatic N) is 3. The Morgan fingerprint density at radius 2 is 2.06 bits per heavy atom. The summed E-state index contributed by atoms with van der Waals surface area (Å²) >= 11 is 0. The number of imidazole rings is 1.